The van der Waals surface area contributed by atoms with E-state index < -0.39 is 0 Å². The molecule has 2 heterocycles. The number of rotatable bonds is 3. The highest BCUT2D eigenvalue weighted by molar-refractivity contribution is 7.23. The minimum atomic E-state index is -0.231. The molecule has 0 saturated carbocycles. The van der Waals surface area contributed by atoms with Gasteiger partial charge in [0.15, 0.2) is 0 Å². The van der Waals surface area contributed by atoms with Crippen molar-refractivity contribution >= 4 is 67.0 Å². The van der Waals surface area contributed by atoms with Gasteiger partial charge in [-0.1, -0.05) is 42.3 Å². The minimum Gasteiger partial charge on any atom is -0.313 e. The maximum absolute atomic E-state index is 13.0. The van der Waals surface area contributed by atoms with Crippen LogP contribution in [0.4, 0.5) is 5.00 Å². The lowest BCUT2D eigenvalue weighted by Crippen LogP contribution is -2.12. The van der Waals surface area contributed by atoms with Gasteiger partial charge < -0.3 is 5.32 Å². The lowest BCUT2D eigenvalue weighted by molar-refractivity contribution is 0.102. The lowest BCUT2D eigenvalue weighted by Gasteiger charge is -2.18. The molecule has 1 unspecified atom stereocenters. The van der Waals surface area contributed by atoms with Crippen LogP contribution in [0.2, 0.25) is 10.0 Å². The zero-order valence-corrected chi connectivity index (χ0v) is 19.3. The predicted octanol–water partition coefficient (Wildman–Crippen LogP) is 7.71. The molecule has 30 heavy (non-hydrogen) atoms. The molecule has 3 nitrogen and oxygen atoms in total. The number of carbonyl (C=O) groups is 1. The number of amides is 1. The van der Waals surface area contributed by atoms with Gasteiger partial charge in [-0.05, 0) is 61.1 Å². The van der Waals surface area contributed by atoms with Crippen LogP contribution in [0, 0.1) is 5.92 Å². The van der Waals surface area contributed by atoms with Gasteiger partial charge in [-0.2, -0.15) is 0 Å². The second kappa shape index (κ2) is 7.97. The van der Waals surface area contributed by atoms with Gasteiger partial charge in [-0.15, -0.1) is 22.7 Å². The monoisotopic (exact) mass is 472 g/mol. The van der Waals surface area contributed by atoms with Crippen molar-refractivity contribution in [2.75, 3.05) is 5.32 Å². The van der Waals surface area contributed by atoms with Crippen LogP contribution in [0.1, 0.15) is 34.1 Å². The van der Waals surface area contributed by atoms with Crippen LogP contribution in [0.3, 0.4) is 0 Å². The summed E-state index contributed by atoms with van der Waals surface area (Å²) in [6.45, 7) is 2.28. The van der Waals surface area contributed by atoms with E-state index in [2.05, 4.69) is 18.3 Å². The van der Waals surface area contributed by atoms with E-state index >= 15 is 0 Å². The Morgan fingerprint density at radius 1 is 1.17 bits per heavy atom. The Balaban J connectivity index is 1.60. The smallest absolute Gasteiger partial charge is 0.257 e. The van der Waals surface area contributed by atoms with E-state index in [1.807, 2.05) is 18.2 Å². The zero-order chi connectivity index (χ0) is 20.8. The summed E-state index contributed by atoms with van der Waals surface area (Å²) < 4.78 is 1.15. The fraction of sp³-hybridized carbons (Fsp3) is 0.217. The third-order valence-corrected chi connectivity index (χ3v) is 8.19. The summed E-state index contributed by atoms with van der Waals surface area (Å²) in [6.07, 6.45) is 3.20. The number of thiophene rings is 1. The first-order valence-corrected chi connectivity index (χ1v) is 12.2. The highest BCUT2D eigenvalue weighted by Crippen LogP contribution is 2.47. The van der Waals surface area contributed by atoms with E-state index in [-0.39, 0.29) is 5.91 Å². The molecular formula is C23H18Cl2N2OS2. The van der Waals surface area contributed by atoms with E-state index in [0.717, 1.165) is 45.1 Å². The Morgan fingerprint density at radius 2 is 2.00 bits per heavy atom. The van der Waals surface area contributed by atoms with Crippen molar-refractivity contribution < 1.29 is 4.79 Å². The molecule has 1 aliphatic rings. The number of para-hydroxylation sites is 1. The molecule has 1 N–H and O–H groups in total. The third kappa shape index (κ3) is 3.65. The highest BCUT2D eigenvalue weighted by atomic mass is 35.5. The van der Waals surface area contributed by atoms with Gasteiger partial charge in [-0.25, -0.2) is 4.98 Å². The molecule has 0 aliphatic heterocycles. The molecule has 1 atom stereocenters. The molecule has 0 radical (unpaired) electrons. The molecule has 2 aromatic heterocycles. The first-order valence-electron chi connectivity index (χ1n) is 9.76. The molecule has 2 aromatic carbocycles. The second-order valence-electron chi connectivity index (χ2n) is 7.62. The quantitative estimate of drug-likeness (QED) is 0.331. The van der Waals surface area contributed by atoms with Crippen molar-refractivity contribution in [2.24, 2.45) is 5.92 Å². The molecule has 5 rings (SSSR count). The van der Waals surface area contributed by atoms with Gasteiger partial charge in [0.25, 0.3) is 5.91 Å². The molecule has 0 spiro atoms. The molecule has 0 fully saturated rings. The maximum Gasteiger partial charge on any atom is 0.257 e. The van der Waals surface area contributed by atoms with Gasteiger partial charge in [-0.3, -0.25) is 4.79 Å². The first kappa shape index (κ1) is 20.0. The van der Waals surface area contributed by atoms with Crippen LogP contribution in [0.5, 0.6) is 0 Å². The zero-order valence-electron chi connectivity index (χ0n) is 16.2. The summed E-state index contributed by atoms with van der Waals surface area (Å²) in [5.74, 6) is 0.416. The van der Waals surface area contributed by atoms with Gasteiger partial charge in [0.05, 0.1) is 20.8 Å². The summed E-state index contributed by atoms with van der Waals surface area (Å²) in [4.78, 5) is 19.3. The number of nitrogens with zero attached hydrogens (tertiary/aromatic N) is 1. The summed E-state index contributed by atoms with van der Waals surface area (Å²) in [5.41, 5.74) is 3.80. The van der Waals surface area contributed by atoms with Crippen LogP contribution < -0.4 is 5.32 Å². The van der Waals surface area contributed by atoms with Crippen LogP contribution in [0.25, 0.3) is 20.8 Å². The Kier molecular flexibility index (Phi) is 5.31. The number of fused-ring (bicyclic) bond motifs is 2. The minimum absolute atomic E-state index is 0.231. The Hall–Kier alpha value is -1.92. The summed E-state index contributed by atoms with van der Waals surface area (Å²) in [5, 5.41) is 5.78. The molecule has 1 aliphatic carbocycles. The molecule has 7 heteroatoms. The number of carbonyl (C=O) groups excluding carboxylic acids is 1. The largest absolute Gasteiger partial charge is 0.313 e. The number of anilines is 1. The highest BCUT2D eigenvalue weighted by Gasteiger charge is 2.27. The molecule has 4 aromatic rings. The van der Waals surface area contributed by atoms with Crippen molar-refractivity contribution in [1.29, 1.82) is 0 Å². The maximum atomic E-state index is 13.0. The summed E-state index contributed by atoms with van der Waals surface area (Å²) >= 11 is 15.6. The SMILES string of the molecule is CC1CCc2c(sc(NC(=O)c3ccc(Cl)cc3Cl)c2-c2nc3ccccc3s2)C1. The average Bonchev–Trinajstić information content (AvgIpc) is 3.27. The fourth-order valence-electron chi connectivity index (χ4n) is 3.89. The van der Waals surface area contributed by atoms with E-state index in [9.17, 15) is 4.79 Å². The Bertz CT molecular complexity index is 1240. The fourth-order valence-corrected chi connectivity index (χ4v) is 6.90. The number of aromatic nitrogens is 1. The third-order valence-electron chi connectivity index (χ3n) is 5.42. The number of thiazole rings is 1. The predicted molar refractivity (Wildman–Crippen MR) is 129 cm³/mol. The molecule has 1 amide bonds. The van der Waals surface area contributed by atoms with Crippen molar-refractivity contribution in [3.8, 4) is 10.6 Å². The van der Waals surface area contributed by atoms with Crippen LogP contribution >= 0.6 is 45.9 Å². The topological polar surface area (TPSA) is 42.0 Å². The molecular weight excluding hydrogens is 455 g/mol. The number of hydrogen-bond donors (Lipinski definition) is 1. The normalized spacial score (nSPS) is 15.9. The van der Waals surface area contributed by atoms with Crippen molar-refractivity contribution in [3.63, 3.8) is 0 Å². The van der Waals surface area contributed by atoms with Gasteiger partial charge in [0.1, 0.15) is 10.0 Å². The Morgan fingerprint density at radius 3 is 2.80 bits per heavy atom. The van der Waals surface area contributed by atoms with E-state index in [0.29, 0.717) is 21.5 Å². The van der Waals surface area contributed by atoms with E-state index in [1.165, 1.54) is 10.4 Å². The van der Waals surface area contributed by atoms with Crippen LogP contribution in [-0.4, -0.2) is 10.9 Å². The van der Waals surface area contributed by atoms with Crippen LogP contribution in [-0.2, 0) is 12.8 Å². The standard InChI is InChI=1S/C23H18Cl2N2OS2/c1-12-6-8-15-19(10-12)30-23(27-21(28)14-9-7-13(24)11-16(14)25)20(15)22-26-17-4-2-3-5-18(17)29-22/h2-5,7,9,11-12H,6,8,10H2,1H3,(H,27,28). The van der Waals surface area contributed by atoms with E-state index in [4.69, 9.17) is 28.2 Å². The van der Waals surface area contributed by atoms with Gasteiger partial charge in [0.2, 0.25) is 0 Å². The average molecular weight is 473 g/mol. The molecule has 0 saturated heterocycles. The van der Waals surface area contributed by atoms with E-state index in [1.54, 1.807) is 40.9 Å². The summed E-state index contributed by atoms with van der Waals surface area (Å²) in [7, 11) is 0. The van der Waals surface area contributed by atoms with Gasteiger partial charge in [0, 0.05) is 15.5 Å². The number of benzene rings is 2. The number of hydrogen-bond acceptors (Lipinski definition) is 4. The number of halogens is 2. The number of nitrogens with one attached hydrogen (secondary N) is 1. The first-order chi connectivity index (χ1) is 14.5. The molecule has 152 valence electrons. The summed E-state index contributed by atoms with van der Waals surface area (Å²) in [6, 6.07) is 13.1. The van der Waals surface area contributed by atoms with Crippen LogP contribution in [0.15, 0.2) is 42.5 Å². The molecule has 0 bridgehead atoms. The second-order valence-corrected chi connectivity index (χ2v) is 10.6. The van der Waals surface area contributed by atoms with Gasteiger partial charge >= 0.3 is 0 Å². The lowest BCUT2D eigenvalue weighted by atomic mass is 9.88. The van der Waals surface area contributed by atoms with Crippen molar-refractivity contribution in [1.82, 2.24) is 4.98 Å². The van der Waals surface area contributed by atoms with Crippen molar-refractivity contribution in [2.45, 2.75) is 26.2 Å². The van der Waals surface area contributed by atoms with Crippen molar-refractivity contribution in [3.05, 3.63) is 68.5 Å². The Labute approximate surface area is 192 Å².